The van der Waals surface area contributed by atoms with Crippen molar-refractivity contribution < 1.29 is 14.3 Å². The highest BCUT2D eigenvalue weighted by Gasteiger charge is 2.32. The first-order valence-electron chi connectivity index (χ1n) is 17.7. The van der Waals surface area contributed by atoms with Gasteiger partial charge in [-0.2, -0.15) is 0 Å². The molecule has 3 saturated carbocycles. The summed E-state index contributed by atoms with van der Waals surface area (Å²) in [5.74, 6) is 3.15. The Morgan fingerprint density at radius 3 is 2.47 bits per heavy atom. The van der Waals surface area contributed by atoms with Gasteiger partial charge in [-0.25, -0.2) is 4.98 Å². The predicted octanol–water partition coefficient (Wildman–Crippen LogP) is 9.87. The third kappa shape index (κ3) is 8.91. The van der Waals surface area contributed by atoms with Crippen LogP contribution in [0.5, 0.6) is 5.75 Å². The summed E-state index contributed by atoms with van der Waals surface area (Å²) in [5, 5.41) is 1.25. The molecule has 0 bridgehead atoms. The second-order valence-corrected chi connectivity index (χ2v) is 17.5. The van der Waals surface area contributed by atoms with Gasteiger partial charge in [0.15, 0.2) is 0 Å². The molecule has 0 aliphatic heterocycles. The fourth-order valence-corrected chi connectivity index (χ4v) is 10.4. The highest BCUT2D eigenvalue weighted by molar-refractivity contribution is 14.2. The highest BCUT2D eigenvalue weighted by atomic mass is 127. The third-order valence-corrected chi connectivity index (χ3v) is 14.2. The van der Waals surface area contributed by atoms with Crippen LogP contribution < -0.4 is 13.2 Å². The molecule has 6 rings (SSSR count). The zero-order chi connectivity index (χ0) is 32.8. The number of methoxy groups -OCH3 is 1. The van der Waals surface area contributed by atoms with E-state index < -0.39 is 21.0 Å². The molecule has 8 heteroatoms. The lowest BCUT2D eigenvalue weighted by molar-refractivity contribution is -0.123. The first-order chi connectivity index (χ1) is 22.9. The van der Waals surface area contributed by atoms with Crippen molar-refractivity contribution in [3.05, 3.63) is 64.8 Å². The van der Waals surface area contributed by atoms with Crippen LogP contribution in [-0.4, -0.2) is 34.0 Å². The van der Waals surface area contributed by atoms with Gasteiger partial charge in [-0.3, -0.25) is 9.59 Å². The highest BCUT2D eigenvalue weighted by Crippen LogP contribution is 2.44. The first-order valence-corrected chi connectivity index (χ1v) is 20.7. The first kappa shape index (κ1) is 34.3. The van der Waals surface area contributed by atoms with Crippen LogP contribution in [0.4, 0.5) is 5.69 Å². The zero-order valence-corrected chi connectivity index (χ0v) is 31.2. The molecule has 2 amide bonds. The minimum absolute atomic E-state index is 0.0331. The number of carbonyl (C=O) groups is 2. The SMILES string of the molecule is CCCCC(=O)NI=C1CCC(C(=O)N(CC2CCC(c3ccc(OC)c(C)c3)CC2)c2cccc(-c3cnc(C4CC4)s3)c2)CC1. The predicted molar refractivity (Wildman–Crippen MR) is 203 cm³/mol. The molecule has 1 aromatic heterocycles. The number of unbranched alkanes of at least 4 members (excludes halogenated alkanes) is 1. The number of nitrogens with one attached hydrogen (secondary N) is 1. The van der Waals surface area contributed by atoms with Crippen LogP contribution in [0.1, 0.15) is 118 Å². The number of benzene rings is 2. The topological polar surface area (TPSA) is 71.5 Å². The molecule has 0 unspecified atom stereocenters. The Balaban J connectivity index is 1.15. The maximum Gasteiger partial charge on any atom is 0.230 e. The van der Waals surface area contributed by atoms with E-state index in [9.17, 15) is 9.59 Å². The van der Waals surface area contributed by atoms with Crippen molar-refractivity contribution in [2.75, 3.05) is 18.6 Å². The number of halogens is 1. The lowest BCUT2D eigenvalue weighted by atomic mass is 9.78. The van der Waals surface area contributed by atoms with Gasteiger partial charge in [0.2, 0.25) is 11.8 Å². The third-order valence-electron chi connectivity index (χ3n) is 10.3. The molecule has 3 aliphatic rings. The average Bonchev–Trinajstić information content (AvgIpc) is 3.84. The number of rotatable bonds is 12. The minimum Gasteiger partial charge on any atom is -0.496 e. The average molecular weight is 768 g/mol. The van der Waals surface area contributed by atoms with Gasteiger partial charge in [-0.1, -0.05) is 37.6 Å². The molecule has 3 aromatic rings. The molecule has 0 saturated heterocycles. The van der Waals surface area contributed by atoms with Crippen LogP contribution in [-0.2, 0) is 9.59 Å². The lowest BCUT2D eigenvalue weighted by Crippen LogP contribution is -2.41. The molecule has 3 fully saturated rings. The molecular formula is C39H50IN3O3S. The Bertz CT molecular complexity index is 1560. The summed E-state index contributed by atoms with van der Waals surface area (Å²) >= 11 is 1.36. The van der Waals surface area contributed by atoms with E-state index in [1.54, 1.807) is 7.11 Å². The molecule has 252 valence electrons. The molecule has 1 heterocycles. The number of hydrogen-bond acceptors (Lipinski definition) is 5. The summed E-state index contributed by atoms with van der Waals surface area (Å²) in [7, 11) is 1.74. The number of ether oxygens (including phenoxy) is 1. The minimum atomic E-state index is -0.447. The van der Waals surface area contributed by atoms with Gasteiger partial charge in [-0.15, -0.1) is 11.3 Å². The molecular weight excluding hydrogens is 717 g/mol. The summed E-state index contributed by atoms with van der Waals surface area (Å²) in [5.41, 5.74) is 4.79. The van der Waals surface area contributed by atoms with Crippen LogP contribution in [0.3, 0.4) is 0 Å². The normalized spacial score (nSPS) is 21.3. The molecule has 6 nitrogen and oxygen atoms in total. The summed E-state index contributed by atoms with van der Waals surface area (Å²) < 4.78 is 10.2. The van der Waals surface area contributed by atoms with Gasteiger partial charge in [0, 0.05) is 36.7 Å². The fourth-order valence-electron chi connectivity index (χ4n) is 7.18. The number of hydrogen-bond donors (Lipinski definition) is 1. The number of thiazole rings is 1. The largest absolute Gasteiger partial charge is 0.496 e. The standard InChI is InChI=1S/C39H50IN3O3S/c1-4-5-9-37(44)42-40-33-19-16-30(17-20-33)39(45)43(34-8-6-7-32(23-34)36-24-41-38(47-36)29-14-15-29)25-27-10-12-28(13-11-27)31-18-21-35(46-3)26(2)22-31/h6-8,18,21-24,27-30H,4-5,9-17,19-20,25H2,1-3H3,(H,42,44). The van der Waals surface area contributed by atoms with E-state index >= 15 is 0 Å². The monoisotopic (exact) mass is 767 g/mol. The van der Waals surface area contributed by atoms with Gasteiger partial charge >= 0.3 is 0 Å². The number of nitrogens with zero attached hydrogens (tertiary/aromatic N) is 2. The molecule has 47 heavy (non-hydrogen) atoms. The number of amides is 2. The second kappa shape index (κ2) is 16.2. The van der Waals surface area contributed by atoms with Crippen molar-refractivity contribution in [1.82, 2.24) is 8.51 Å². The van der Waals surface area contributed by atoms with Crippen LogP contribution in [0.25, 0.3) is 10.4 Å². The summed E-state index contributed by atoms with van der Waals surface area (Å²) in [4.78, 5) is 34.7. The number of aromatic nitrogens is 1. The van der Waals surface area contributed by atoms with Gasteiger partial charge in [0.1, 0.15) is 5.75 Å². The van der Waals surface area contributed by atoms with Crippen molar-refractivity contribution in [2.45, 2.75) is 109 Å². The van der Waals surface area contributed by atoms with E-state index in [4.69, 9.17) is 9.72 Å². The Kier molecular flexibility index (Phi) is 11.8. The summed E-state index contributed by atoms with van der Waals surface area (Å²) in [6.45, 7) is 5.02. The Hall–Kier alpha value is -2.59. The second-order valence-electron chi connectivity index (χ2n) is 13.8. The smallest absolute Gasteiger partial charge is 0.230 e. The molecule has 3 aliphatic carbocycles. The van der Waals surface area contributed by atoms with Crippen LogP contribution >= 0.6 is 32.3 Å². The van der Waals surface area contributed by atoms with Crippen molar-refractivity contribution in [2.24, 2.45) is 11.8 Å². The van der Waals surface area contributed by atoms with E-state index in [1.807, 2.05) is 17.5 Å². The van der Waals surface area contributed by atoms with Gasteiger partial charge < -0.3 is 13.2 Å². The lowest BCUT2D eigenvalue weighted by Gasteiger charge is -2.35. The quantitative estimate of drug-likeness (QED) is 0.147. The van der Waals surface area contributed by atoms with E-state index in [-0.39, 0.29) is 17.7 Å². The number of aryl methyl sites for hydroxylation is 1. The van der Waals surface area contributed by atoms with Crippen molar-refractivity contribution in [3.8, 4) is 16.2 Å². The molecule has 1 N–H and O–H groups in total. The maximum absolute atomic E-state index is 14.4. The Morgan fingerprint density at radius 2 is 1.77 bits per heavy atom. The Labute approximate surface area is 295 Å². The Morgan fingerprint density at radius 1 is 1.00 bits per heavy atom. The van der Waals surface area contributed by atoms with E-state index in [0.29, 0.717) is 24.2 Å². The number of anilines is 1. The van der Waals surface area contributed by atoms with Gasteiger partial charge in [0.05, 0.1) is 17.0 Å². The van der Waals surface area contributed by atoms with Crippen molar-refractivity contribution in [1.29, 1.82) is 0 Å². The summed E-state index contributed by atoms with van der Waals surface area (Å²) in [6.07, 6.45) is 15.4. The molecule has 0 spiro atoms. The van der Waals surface area contributed by atoms with Crippen molar-refractivity contribution >= 4 is 53.4 Å². The molecule has 0 atom stereocenters. The van der Waals surface area contributed by atoms with E-state index in [0.717, 1.165) is 87.8 Å². The fraction of sp³-hybridized carbons (Fsp3) is 0.538. The van der Waals surface area contributed by atoms with E-state index in [2.05, 4.69) is 64.7 Å². The molecule has 2 aromatic carbocycles. The van der Waals surface area contributed by atoms with Gasteiger partial charge in [-0.05, 0) is 149 Å². The molecule has 0 radical (unpaired) electrons. The summed E-state index contributed by atoms with van der Waals surface area (Å²) in [6, 6.07) is 15.3. The maximum atomic E-state index is 14.4. The van der Waals surface area contributed by atoms with Crippen LogP contribution in [0.2, 0.25) is 0 Å². The number of carbonyl (C=O) groups excluding carboxylic acids is 2. The van der Waals surface area contributed by atoms with Crippen LogP contribution in [0.15, 0.2) is 48.7 Å². The van der Waals surface area contributed by atoms with Gasteiger partial charge in [0.25, 0.3) is 0 Å². The van der Waals surface area contributed by atoms with Crippen LogP contribution in [0, 0.1) is 18.8 Å². The van der Waals surface area contributed by atoms with Crippen molar-refractivity contribution in [3.63, 3.8) is 0 Å². The van der Waals surface area contributed by atoms with E-state index in [1.165, 1.54) is 37.4 Å². The zero-order valence-electron chi connectivity index (χ0n) is 28.2.